The van der Waals surface area contributed by atoms with E-state index in [1.165, 1.54) is 12.8 Å². The molecule has 3 aromatic rings. The van der Waals surface area contributed by atoms with E-state index in [0.717, 1.165) is 24.2 Å². The number of hydrogen-bond acceptors (Lipinski definition) is 5. The van der Waals surface area contributed by atoms with Gasteiger partial charge in [-0.15, -0.1) is 0 Å². The zero-order valence-corrected chi connectivity index (χ0v) is 15.4. The minimum atomic E-state index is -0.566. The van der Waals surface area contributed by atoms with Gasteiger partial charge in [-0.2, -0.15) is 0 Å². The van der Waals surface area contributed by atoms with Gasteiger partial charge in [0.1, 0.15) is 0 Å². The molecule has 0 spiro atoms. The second-order valence-corrected chi connectivity index (χ2v) is 6.75. The minimum absolute atomic E-state index is 0.348. The molecule has 1 aliphatic rings. The number of rotatable bonds is 5. The highest BCUT2D eigenvalue weighted by atomic mass is 16.5. The van der Waals surface area contributed by atoms with Gasteiger partial charge in [0.25, 0.3) is 5.91 Å². The van der Waals surface area contributed by atoms with Gasteiger partial charge in [0.15, 0.2) is 6.61 Å². The van der Waals surface area contributed by atoms with Crippen LogP contribution in [0, 0.1) is 0 Å². The first kappa shape index (κ1) is 18.0. The zero-order valence-electron chi connectivity index (χ0n) is 15.4. The number of esters is 1. The molecule has 1 N–H and O–H groups in total. The van der Waals surface area contributed by atoms with Gasteiger partial charge >= 0.3 is 5.97 Å². The molecular weight excluding hydrogens is 354 g/mol. The maximum absolute atomic E-state index is 12.4. The lowest BCUT2D eigenvalue weighted by Gasteiger charge is -2.17. The molecule has 0 radical (unpaired) electrons. The molecule has 2 heterocycles. The average molecular weight is 375 g/mol. The van der Waals surface area contributed by atoms with Gasteiger partial charge in [0.05, 0.1) is 11.1 Å². The van der Waals surface area contributed by atoms with Crippen molar-refractivity contribution in [1.29, 1.82) is 0 Å². The summed E-state index contributed by atoms with van der Waals surface area (Å²) in [7, 11) is 0. The Bertz CT molecular complexity index is 990. The monoisotopic (exact) mass is 375 g/mol. The number of nitrogens with zero attached hydrogens (tertiary/aromatic N) is 2. The highest BCUT2D eigenvalue weighted by molar-refractivity contribution is 6.03. The Morgan fingerprint density at radius 3 is 2.54 bits per heavy atom. The third kappa shape index (κ3) is 3.96. The Labute approximate surface area is 163 Å². The third-order valence-corrected chi connectivity index (χ3v) is 4.81. The molecule has 0 unspecified atom stereocenters. The molecule has 1 aromatic heterocycles. The van der Waals surface area contributed by atoms with E-state index in [1.807, 2.05) is 36.4 Å². The normalized spacial score (nSPS) is 13.5. The van der Waals surface area contributed by atoms with Gasteiger partial charge in [-0.3, -0.25) is 9.78 Å². The molecule has 1 fully saturated rings. The molecule has 0 saturated carbocycles. The lowest BCUT2D eigenvalue weighted by atomic mass is 10.1. The Hall–Kier alpha value is -3.41. The van der Waals surface area contributed by atoms with E-state index in [-0.39, 0.29) is 12.5 Å². The van der Waals surface area contributed by atoms with Crippen molar-refractivity contribution < 1.29 is 14.3 Å². The van der Waals surface area contributed by atoms with Crippen LogP contribution in [0.1, 0.15) is 23.2 Å². The fraction of sp³-hybridized carbons (Fsp3) is 0.227. The quantitative estimate of drug-likeness (QED) is 0.690. The molecule has 142 valence electrons. The molecule has 6 nitrogen and oxygen atoms in total. The summed E-state index contributed by atoms with van der Waals surface area (Å²) < 4.78 is 5.18. The minimum Gasteiger partial charge on any atom is -0.452 e. The topological polar surface area (TPSA) is 71.5 Å². The number of nitrogens with one attached hydrogen (secondary N) is 1. The second-order valence-electron chi connectivity index (χ2n) is 6.75. The number of carbonyl (C=O) groups is 2. The molecule has 2 aromatic carbocycles. The molecule has 0 bridgehead atoms. The summed E-state index contributed by atoms with van der Waals surface area (Å²) in [5.74, 6) is -0.945. The zero-order chi connectivity index (χ0) is 19.3. The molecular formula is C22H21N3O3. The van der Waals surface area contributed by atoms with Crippen LogP contribution >= 0.6 is 0 Å². The van der Waals surface area contributed by atoms with Gasteiger partial charge < -0.3 is 15.0 Å². The van der Waals surface area contributed by atoms with Crippen molar-refractivity contribution in [2.24, 2.45) is 0 Å². The highest BCUT2D eigenvalue weighted by Gasteiger charge is 2.15. The van der Waals surface area contributed by atoms with Crippen molar-refractivity contribution in [2.45, 2.75) is 12.8 Å². The van der Waals surface area contributed by atoms with Crippen LogP contribution in [0.2, 0.25) is 0 Å². The largest absolute Gasteiger partial charge is 0.452 e. The summed E-state index contributed by atoms with van der Waals surface area (Å²) in [5, 5.41) is 3.60. The SMILES string of the molecule is O=C(COC(=O)c1cccc2cccnc12)Nc1ccc(N2CCCC2)cc1. The predicted molar refractivity (Wildman–Crippen MR) is 109 cm³/mol. The van der Waals surface area contributed by atoms with E-state index in [1.54, 1.807) is 24.4 Å². The predicted octanol–water partition coefficient (Wildman–Crippen LogP) is 3.63. The fourth-order valence-corrected chi connectivity index (χ4v) is 3.41. The van der Waals surface area contributed by atoms with Crippen LogP contribution in [0.5, 0.6) is 0 Å². The van der Waals surface area contributed by atoms with Crippen LogP contribution in [0.3, 0.4) is 0 Å². The number of pyridine rings is 1. The summed E-state index contributed by atoms with van der Waals surface area (Å²) in [5.41, 5.74) is 2.75. The smallest absolute Gasteiger partial charge is 0.340 e. The Morgan fingerprint density at radius 2 is 1.75 bits per heavy atom. The summed E-state index contributed by atoms with van der Waals surface area (Å²) in [6.45, 7) is 1.80. The highest BCUT2D eigenvalue weighted by Crippen LogP contribution is 2.22. The Kier molecular flexibility index (Phi) is 5.19. The number of carbonyl (C=O) groups excluding carboxylic acids is 2. The van der Waals surface area contributed by atoms with Gasteiger partial charge in [0.2, 0.25) is 0 Å². The summed E-state index contributed by atoms with van der Waals surface area (Å²) in [6, 6.07) is 16.7. The van der Waals surface area contributed by atoms with Crippen molar-refractivity contribution in [2.75, 3.05) is 29.9 Å². The molecule has 0 aliphatic carbocycles. The Balaban J connectivity index is 1.34. The maximum Gasteiger partial charge on any atom is 0.340 e. The van der Waals surface area contributed by atoms with Crippen LogP contribution in [0.25, 0.3) is 10.9 Å². The van der Waals surface area contributed by atoms with Crippen molar-refractivity contribution in [3.8, 4) is 0 Å². The number of anilines is 2. The van der Waals surface area contributed by atoms with Crippen LogP contribution < -0.4 is 10.2 Å². The van der Waals surface area contributed by atoms with Crippen LogP contribution in [-0.4, -0.2) is 36.6 Å². The van der Waals surface area contributed by atoms with Gasteiger partial charge in [-0.25, -0.2) is 4.79 Å². The van der Waals surface area contributed by atoms with E-state index < -0.39 is 5.97 Å². The van der Waals surface area contributed by atoms with Crippen molar-refractivity contribution in [1.82, 2.24) is 4.98 Å². The number of para-hydroxylation sites is 1. The summed E-state index contributed by atoms with van der Waals surface area (Å²) >= 11 is 0. The van der Waals surface area contributed by atoms with E-state index in [0.29, 0.717) is 16.8 Å². The molecule has 6 heteroatoms. The van der Waals surface area contributed by atoms with E-state index >= 15 is 0 Å². The fourth-order valence-electron chi connectivity index (χ4n) is 3.41. The number of amides is 1. The number of aromatic nitrogens is 1. The number of hydrogen-bond donors (Lipinski definition) is 1. The lowest BCUT2D eigenvalue weighted by Crippen LogP contribution is -2.21. The molecule has 1 amide bonds. The molecule has 4 rings (SSSR count). The second kappa shape index (κ2) is 8.08. The molecule has 28 heavy (non-hydrogen) atoms. The van der Waals surface area contributed by atoms with Gasteiger partial charge in [-0.1, -0.05) is 18.2 Å². The van der Waals surface area contributed by atoms with Crippen molar-refractivity contribution in [3.63, 3.8) is 0 Å². The van der Waals surface area contributed by atoms with Crippen LogP contribution in [0.4, 0.5) is 11.4 Å². The van der Waals surface area contributed by atoms with Crippen molar-refractivity contribution in [3.05, 3.63) is 66.4 Å². The summed E-state index contributed by atoms with van der Waals surface area (Å²) in [6.07, 6.45) is 4.06. The number of fused-ring (bicyclic) bond motifs is 1. The Morgan fingerprint density at radius 1 is 1.00 bits per heavy atom. The number of benzene rings is 2. The van der Waals surface area contributed by atoms with Crippen molar-refractivity contribution >= 4 is 34.2 Å². The first-order valence-corrected chi connectivity index (χ1v) is 9.36. The summed E-state index contributed by atoms with van der Waals surface area (Å²) in [4.78, 5) is 31.1. The van der Waals surface area contributed by atoms with E-state index in [2.05, 4.69) is 15.2 Å². The molecule has 0 atom stereocenters. The van der Waals surface area contributed by atoms with Gasteiger partial charge in [-0.05, 0) is 49.2 Å². The lowest BCUT2D eigenvalue weighted by molar-refractivity contribution is -0.119. The van der Waals surface area contributed by atoms with E-state index in [9.17, 15) is 9.59 Å². The first-order valence-electron chi connectivity index (χ1n) is 9.36. The molecule has 1 aliphatic heterocycles. The van der Waals surface area contributed by atoms with Crippen LogP contribution in [0.15, 0.2) is 60.8 Å². The standard InChI is InChI=1S/C22H21N3O3/c26-20(24-17-8-10-18(11-9-17)25-13-1-2-14-25)15-28-22(27)19-7-3-5-16-6-4-12-23-21(16)19/h3-12H,1-2,13-15H2,(H,24,26). The molecule has 1 saturated heterocycles. The third-order valence-electron chi connectivity index (χ3n) is 4.81. The van der Waals surface area contributed by atoms with Gasteiger partial charge in [0, 0.05) is 36.0 Å². The van der Waals surface area contributed by atoms with E-state index in [4.69, 9.17) is 4.74 Å². The number of ether oxygens (including phenoxy) is 1. The first-order chi connectivity index (χ1) is 13.7. The maximum atomic E-state index is 12.4. The van der Waals surface area contributed by atoms with Crippen LogP contribution in [-0.2, 0) is 9.53 Å². The average Bonchev–Trinajstić information content (AvgIpc) is 3.27.